The van der Waals surface area contributed by atoms with Gasteiger partial charge in [-0.1, -0.05) is 39.0 Å². The Morgan fingerprint density at radius 2 is 1.94 bits per heavy atom. The maximum absolute atomic E-state index is 3.83. The zero-order chi connectivity index (χ0) is 13.4. The summed E-state index contributed by atoms with van der Waals surface area (Å²) in [5.74, 6) is 0. The Bertz CT molecular complexity index is 205. The third-order valence-corrected chi connectivity index (χ3v) is 4.47. The van der Waals surface area contributed by atoms with E-state index in [0.717, 1.165) is 12.1 Å². The monoisotopic (exact) mass is 254 g/mol. The summed E-state index contributed by atoms with van der Waals surface area (Å²) >= 11 is 0. The molecule has 0 aliphatic carbocycles. The molecule has 2 nitrogen and oxygen atoms in total. The summed E-state index contributed by atoms with van der Waals surface area (Å²) in [7, 11) is 2.25. The van der Waals surface area contributed by atoms with Crippen molar-refractivity contribution in [3.05, 3.63) is 0 Å². The van der Waals surface area contributed by atoms with E-state index < -0.39 is 0 Å². The molecule has 1 N–H and O–H groups in total. The zero-order valence-corrected chi connectivity index (χ0v) is 13.0. The minimum absolute atomic E-state index is 0.701. The van der Waals surface area contributed by atoms with Crippen molar-refractivity contribution in [3.8, 4) is 0 Å². The highest BCUT2D eigenvalue weighted by molar-refractivity contribution is 4.82. The maximum Gasteiger partial charge on any atom is 0.00964 e. The van der Waals surface area contributed by atoms with E-state index in [0.29, 0.717) is 6.04 Å². The summed E-state index contributed by atoms with van der Waals surface area (Å²) in [4.78, 5) is 2.48. The second-order valence-corrected chi connectivity index (χ2v) is 6.32. The van der Waals surface area contributed by atoms with Crippen LogP contribution in [0.4, 0.5) is 0 Å². The number of likely N-dealkylation sites (tertiary alicyclic amines) is 1. The van der Waals surface area contributed by atoms with Gasteiger partial charge >= 0.3 is 0 Å². The van der Waals surface area contributed by atoms with Crippen LogP contribution >= 0.6 is 0 Å². The molecular formula is C16H34N2. The van der Waals surface area contributed by atoms with Crippen molar-refractivity contribution in [3.63, 3.8) is 0 Å². The number of nitrogens with one attached hydrogen (secondary N) is 1. The molecule has 3 atom stereocenters. The summed E-state index contributed by atoms with van der Waals surface area (Å²) in [6, 6.07) is 2.20. The van der Waals surface area contributed by atoms with Crippen LogP contribution in [0.3, 0.4) is 0 Å². The highest BCUT2D eigenvalue weighted by atomic mass is 15.1. The molecule has 0 aromatic heterocycles. The summed E-state index contributed by atoms with van der Waals surface area (Å²) < 4.78 is 0. The first-order chi connectivity index (χ1) is 8.63. The first kappa shape index (κ1) is 16.0. The molecular weight excluding hydrogens is 220 g/mol. The van der Waals surface area contributed by atoms with Crippen molar-refractivity contribution >= 4 is 0 Å². The van der Waals surface area contributed by atoms with E-state index in [1.165, 1.54) is 57.9 Å². The molecule has 18 heavy (non-hydrogen) atoms. The molecule has 1 rings (SSSR count). The average Bonchev–Trinajstić information content (AvgIpc) is 2.34. The van der Waals surface area contributed by atoms with Gasteiger partial charge in [0.1, 0.15) is 0 Å². The van der Waals surface area contributed by atoms with Crippen molar-refractivity contribution in [2.45, 2.75) is 90.3 Å². The van der Waals surface area contributed by atoms with E-state index in [-0.39, 0.29) is 0 Å². The number of nitrogens with zero attached hydrogens (tertiary/aromatic N) is 1. The van der Waals surface area contributed by atoms with Gasteiger partial charge in [0.15, 0.2) is 0 Å². The number of hydrogen-bond acceptors (Lipinski definition) is 2. The van der Waals surface area contributed by atoms with Crippen LogP contribution in [0, 0.1) is 0 Å². The van der Waals surface area contributed by atoms with Gasteiger partial charge in [-0.25, -0.2) is 0 Å². The molecule has 3 unspecified atom stereocenters. The fraction of sp³-hybridized carbons (Fsp3) is 1.00. The van der Waals surface area contributed by atoms with Gasteiger partial charge in [-0.3, -0.25) is 0 Å². The number of hydrogen-bond donors (Lipinski definition) is 1. The number of unbranched alkanes of at least 4 members (excludes halogenated alkanes) is 4. The molecule has 1 aliphatic heterocycles. The third-order valence-electron chi connectivity index (χ3n) is 4.47. The van der Waals surface area contributed by atoms with Gasteiger partial charge in [0.25, 0.3) is 0 Å². The van der Waals surface area contributed by atoms with E-state index in [9.17, 15) is 0 Å². The minimum Gasteiger partial charge on any atom is -0.311 e. The van der Waals surface area contributed by atoms with E-state index in [4.69, 9.17) is 0 Å². The standard InChI is InChI=1S/C16H34N2/c1-5-6-7-8-9-10-14(2)17-16-11-12-18(4)15(3)13-16/h14-17H,5-13H2,1-4H3. The van der Waals surface area contributed by atoms with Crippen LogP contribution in [0.25, 0.3) is 0 Å². The van der Waals surface area contributed by atoms with Gasteiger partial charge in [-0.15, -0.1) is 0 Å². The van der Waals surface area contributed by atoms with E-state index >= 15 is 0 Å². The molecule has 108 valence electrons. The Morgan fingerprint density at radius 3 is 2.61 bits per heavy atom. The van der Waals surface area contributed by atoms with Crippen LogP contribution in [0.5, 0.6) is 0 Å². The molecule has 1 fully saturated rings. The molecule has 0 spiro atoms. The highest BCUT2D eigenvalue weighted by Crippen LogP contribution is 2.16. The van der Waals surface area contributed by atoms with Crippen molar-refractivity contribution in [2.24, 2.45) is 0 Å². The molecule has 0 amide bonds. The fourth-order valence-corrected chi connectivity index (χ4v) is 2.98. The van der Waals surface area contributed by atoms with Gasteiger partial charge in [0.2, 0.25) is 0 Å². The van der Waals surface area contributed by atoms with Crippen LogP contribution < -0.4 is 5.32 Å². The van der Waals surface area contributed by atoms with Gasteiger partial charge in [0.05, 0.1) is 0 Å². The van der Waals surface area contributed by atoms with Crippen LogP contribution in [0.15, 0.2) is 0 Å². The lowest BCUT2D eigenvalue weighted by atomic mass is 9.97. The first-order valence-electron chi connectivity index (χ1n) is 8.09. The molecule has 0 saturated carbocycles. The number of rotatable bonds is 8. The largest absolute Gasteiger partial charge is 0.311 e. The van der Waals surface area contributed by atoms with E-state index in [1.807, 2.05) is 0 Å². The predicted molar refractivity (Wildman–Crippen MR) is 81.1 cm³/mol. The molecule has 0 aromatic carbocycles. The lowest BCUT2D eigenvalue weighted by Crippen LogP contribution is -2.47. The summed E-state index contributed by atoms with van der Waals surface area (Å²) in [5, 5.41) is 3.83. The Hall–Kier alpha value is -0.0800. The molecule has 1 aliphatic rings. The number of piperidine rings is 1. The van der Waals surface area contributed by atoms with Crippen molar-refractivity contribution in [2.75, 3.05) is 13.6 Å². The third kappa shape index (κ3) is 6.19. The Balaban J connectivity index is 2.07. The van der Waals surface area contributed by atoms with E-state index in [2.05, 4.69) is 38.0 Å². The van der Waals surface area contributed by atoms with Gasteiger partial charge in [-0.05, 0) is 46.7 Å². The smallest absolute Gasteiger partial charge is 0.00964 e. The molecule has 2 heteroatoms. The Labute approximate surface area is 115 Å². The molecule has 0 aromatic rings. The topological polar surface area (TPSA) is 15.3 Å². The zero-order valence-electron chi connectivity index (χ0n) is 13.0. The van der Waals surface area contributed by atoms with Gasteiger partial charge in [0, 0.05) is 18.1 Å². The highest BCUT2D eigenvalue weighted by Gasteiger charge is 2.23. The first-order valence-corrected chi connectivity index (χ1v) is 8.09. The second kappa shape index (κ2) is 8.92. The lowest BCUT2D eigenvalue weighted by Gasteiger charge is -2.36. The molecule has 1 saturated heterocycles. The average molecular weight is 254 g/mol. The Kier molecular flexibility index (Phi) is 7.92. The van der Waals surface area contributed by atoms with Crippen molar-refractivity contribution < 1.29 is 0 Å². The van der Waals surface area contributed by atoms with Crippen LogP contribution in [-0.2, 0) is 0 Å². The fourth-order valence-electron chi connectivity index (χ4n) is 2.98. The summed E-state index contributed by atoms with van der Waals surface area (Å²) in [6.07, 6.45) is 11.0. The van der Waals surface area contributed by atoms with Crippen LogP contribution in [0.2, 0.25) is 0 Å². The lowest BCUT2D eigenvalue weighted by molar-refractivity contribution is 0.162. The van der Waals surface area contributed by atoms with Crippen molar-refractivity contribution in [1.82, 2.24) is 10.2 Å². The molecule has 0 radical (unpaired) electrons. The summed E-state index contributed by atoms with van der Waals surface area (Å²) in [5.41, 5.74) is 0. The normalized spacial score (nSPS) is 27.3. The maximum atomic E-state index is 3.83. The van der Waals surface area contributed by atoms with Crippen molar-refractivity contribution in [1.29, 1.82) is 0 Å². The molecule has 0 bridgehead atoms. The quantitative estimate of drug-likeness (QED) is 0.663. The second-order valence-electron chi connectivity index (χ2n) is 6.32. The van der Waals surface area contributed by atoms with Gasteiger partial charge < -0.3 is 10.2 Å². The predicted octanol–water partition coefficient (Wildman–Crippen LogP) is 3.81. The Morgan fingerprint density at radius 1 is 1.22 bits per heavy atom. The SMILES string of the molecule is CCCCCCCC(C)NC1CCN(C)C(C)C1. The summed E-state index contributed by atoms with van der Waals surface area (Å²) in [6.45, 7) is 8.25. The van der Waals surface area contributed by atoms with E-state index in [1.54, 1.807) is 0 Å². The van der Waals surface area contributed by atoms with Crippen LogP contribution in [-0.4, -0.2) is 36.6 Å². The van der Waals surface area contributed by atoms with Gasteiger partial charge in [-0.2, -0.15) is 0 Å². The van der Waals surface area contributed by atoms with Crippen LogP contribution in [0.1, 0.15) is 72.1 Å². The minimum atomic E-state index is 0.701. The molecule has 1 heterocycles.